The molecule has 2 rings (SSSR count). The fourth-order valence-corrected chi connectivity index (χ4v) is 1.92. The number of rotatable bonds is 3. The Morgan fingerprint density at radius 1 is 1.35 bits per heavy atom. The molecular weight excluding hydrogens is 210 g/mol. The van der Waals surface area contributed by atoms with Crippen LogP contribution >= 0.6 is 0 Å². The number of aromatic nitrogens is 1. The number of hydrogen-bond donors (Lipinski definition) is 0. The molecule has 0 aliphatic heterocycles. The number of benzene rings is 1. The van der Waals surface area contributed by atoms with E-state index >= 15 is 0 Å². The number of pyridine rings is 1. The lowest BCUT2D eigenvalue weighted by molar-refractivity contribution is 0.839. The third kappa shape index (κ3) is 2.21. The summed E-state index contributed by atoms with van der Waals surface area (Å²) in [6, 6.07) is 12.0. The molecule has 0 amide bonds. The molecular formula is C14H15N3. The summed E-state index contributed by atoms with van der Waals surface area (Å²) in [6.45, 7) is 3.02. The summed E-state index contributed by atoms with van der Waals surface area (Å²) in [5.74, 6) is 0.771. The van der Waals surface area contributed by atoms with Gasteiger partial charge in [0.25, 0.3) is 0 Å². The molecule has 0 unspecified atom stereocenters. The van der Waals surface area contributed by atoms with Gasteiger partial charge in [-0.1, -0.05) is 25.1 Å². The van der Waals surface area contributed by atoms with Gasteiger partial charge in [-0.25, -0.2) is 4.98 Å². The molecule has 0 atom stereocenters. The lowest BCUT2D eigenvalue weighted by Gasteiger charge is -2.18. The van der Waals surface area contributed by atoms with Crippen LogP contribution in [-0.4, -0.2) is 18.6 Å². The number of nitrogens with zero attached hydrogens (tertiary/aromatic N) is 3. The van der Waals surface area contributed by atoms with Crippen LogP contribution in [0.3, 0.4) is 0 Å². The molecule has 17 heavy (non-hydrogen) atoms. The first-order valence-electron chi connectivity index (χ1n) is 5.77. The molecule has 0 saturated carbocycles. The number of anilines is 1. The van der Waals surface area contributed by atoms with E-state index in [1.807, 2.05) is 42.3 Å². The second-order valence-electron chi connectivity index (χ2n) is 4.09. The fourth-order valence-electron chi connectivity index (χ4n) is 1.92. The van der Waals surface area contributed by atoms with Gasteiger partial charge in [0.2, 0.25) is 0 Å². The predicted molar refractivity (Wildman–Crippen MR) is 70.0 cm³/mol. The molecule has 0 radical (unpaired) electrons. The van der Waals surface area contributed by atoms with E-state index < -0.39 is 0 Å². The molecule has 0 saturated heterocycles. The van der Waals surface area contributed by atoms with E-state index in [4.69, 9.17) is 0 Å². The first-order chi connectivity index (χ1) is 8.26. The zero-order chi connectivity index (χ0) is 12.3. The summed E-state index contributed by atoms with van der Waals surface area (Å²) < 4.78 is 0. The Morgan fingerprint density at radius 3 is 2.82 bits per heavy atom. The highest BCUT2D eigenvalue weighted by Crippen LogP contribution is 2.22. The summed E-state index contributed by atoms with van der Waals surface area (Å²) in [5, 5.41) is 10.2. The predicted octanol–water partition coefficient (Wildman–Crippen LogP) is 2.95. The normalized spacial score (nSPS) is 10.2. The van der Waals surface area contributed by atoms with Crippen molar-refractivity contribution in [2.75, 3.05) is 18.5 Å². The van der Waals surface area contributed by atoms with Crippen molar-refractivity contribution in [3.05, 3.63) is 35.9 Å². The van der Waals surface area contributed by atoms with Crippen LogP contribution in [0.15, 0.2) is 30.3 Å². The number of fused-ring (bicyclic) bond motifs is 1. The topological polar surface area (TPSA) is 39.9 Å². The van der Waals surface area contributed by atoms with Gasteiger partial charge >= 0.3 is 0 Å². The molecule has 86 valence electrons. The van der Waals surface area contributed by atoms with Crippen LogP contribution in [0.1, 0.15) is 18.9 Å². The van der Waals surface area contributed by atoms with Gasteiger partial charge in [-0.15, -0.1) is 0 Å². The largest absolute Gasteiger partial charge is 0.359 e. The van der Waals surface area contributed by atoms with Crippen molar-refractivity contribution >= 4 is 16.7 Å². The molecule has 2 aromatic rings. The highest BCUT2D eigenvalue weighted by molar-refractivity contribution is 5.82. The van der Waals surface area contributed by atoms with Gasteiger partial charge < -0.3 is 4.90 Å². The van der Waals surface area contributed by atoms with E-state index in [2.05, 4.69) is 18.0 Å². The second kappa shape index (κ2) is 4.84. The monoisotopic (exact) mass is 225 g/mol. The first-order valence-corrected chi connectivity index (χ1v) is 5.77. The van der Waals surface area contributed by atoms with Gasteiger partial charge in [0.1, 0.15) is 11.9 Å². The molecule has 3 nitrogen and oxygen atoms in total. The van der Waals surface area contributed by atoms with Crippen molar-refractivity contribution in [1.82, 2.24) is 4.98 Å². The Bertz CT molecular complexity index is 569. The summed E-state index contributed by atoms with van der Waals surface area (Å²) in [7, 11) is 1.97. The molecule has 0 spiro atoms. The first kappa shape index (κ1) is 11.4. The zero-order valence-electron chi connectivity index (χ0n) is 10.1. The average molecular weight is 225 g/mol. The van der Waals surface area contributed by atoms with Gasteiger partial charge in [0, 0.05) is 19.0 Å². The molecule has 0 N–H and O–H groups in total. The Kier molecular flexibility index (Phi) is 3.24. The van der Waals surface area contributed by atoms with Crippen molar-refractivity contribution in [3.8, 4) is 6.07 Å². The maximum absolute atomic E-state index is 9.18. The average Bonchev–Trinajstić information content (AvgIpc) is 2.37. The van der Waals surface area contributed by atoms with Crippen molar-refractivity contribution in [3.63, 3.8) is 0 Å². The molecule has 0 aliphatic rings. The Hall–Kier alpha value is -2.08. The molecule has 0 aliphatic carbocycles. The minimum absolute atomic E-state index is 0.639. The fraction of sp³-hybridized carbons (Fsp3) is 0.286. The zero-order valence-corrected chi connectivity index (χ0v) is 10.1. The number of nitriles is 1. The van der Waals surface area contributed by atoms with E-state index in [1.54, 1.807) is 0 Å². The van der Waals surface area contributed by atoms with Gasteiger partial charge in [-0.3, -0.25) is 0 Å². The summed E-state index contributed by atoms with van der Waals surface area (Å²) >= 11 is 0. The van der Waals surface area contributed by atoms with Crippen LogP contribution in [0.4, 0.5) is 5.82 Å². The third-order valence-corrected chi connectivity index (χ3v) is 2.74. The SMILES string of the molecule is CCCN(C)c1nc2ccccc2cc1C#N. The van der Waals surface area contributed by atoms with Gasteiger partial charge in [-0.05, 0) is 18.6 Å². The Labute approximate surface area is 101 Å². The van der Waals surface area contributed by atoms with E-state index in [0.717, 1.165) is 29.7 Å². The maximum atomic E-state index is 9.18. The molecule has 1 aromatic heterocycles. The Morgan fingerprint density at radius 2 is 2.12 bits per heavy atom. The van der Waals surface area contributed by atoms with E-state index in [9.17, 15) is 5.26 Å². The number of para-hydroxylation sites is 1. The van der Waals surface area contributed by atoms with Gasteiger partial charge in [0.15, 0.2) is 0 Å². The van der Waals surface area contributed by atoms with Crippen molar-refractivity contribution in [2.24, 2.45) is 0 Å². The van der Waals surface area contributed by atoms with Crippen LogP contribution in [-0.2, 0) is 0 Å². The maximum Gasteiger partial charge on any atom is 0.146 e. The summed E-state index contributed by atoms with van der Waals surface area (Å²) in [6.07, 6.45) is 1.04. The number of hydrogen-bond acceptors (Lipinski definition) is 3. The smallest absolute Gasteiger partial charge is 0.146 e. The van der Waals surface area contributed by atoms with Gasteiger partial charge in [0.05, 0.1) is 11.1 Å². The lowest BCUT2D eigenvalue weighted by atomic mass is 10.1. The van der Waals surface area contributed by atoms with Crippen LogP contribution in [0.5, 0.6) is 0 Å². The molecule has 0 bridgehead atoms. The minimum atomic E-state index is 0.639. The summed E-state index contributed by atoms with van der Waals surface area (Å²) in [4.78, 5) is 6.60. The highest BCUT2D eigenvalue weighted by Gasteiger charge is 2.09. The lowest BCUT2D eigenvalue weighted by Crippen LogP contribution is -2.20. The summed E-state index contributed by atoms with van der Waals surface area (Å²) in [5.41, 5.74) is 1.57. The van der Waals surface area contributed by atoms with Crippen LogP contribution < -0.4 is 4.90 Å². The van der Waals surface area contributed by atoms with E-state index in [0.29, 0.717) is 5.56 Å². The second-order valence-corrected chi connectivity index (χ2v) is 4.09. The third-order valence-electron chi connectivity index (χ3n) is 2.74. The van der Waals surface area contributed by atoms with E-state index in [-0.39, 0.29) is 0 Å². The molecule has 3 heteroatoms. The molecule has 1 heterocycles. The quantitative estimate of drug-likeness (QED) is 0.806. The van der Waals surface area contributed by atoms with Crippen LogP contribution in [0, 0.1) is 11.3 Å². The van der Waals surface area contributed by atoms with Crippen molar-refractivity contribution in [1.29, 1.82) is 5.26 Å². The molecule has 1 aromatic carbocycles. The van der Waals surface area contributed by atoms with E-state index in [1.165, 1.54) is 0 Å². The standard InChI is InChI=1S/C14H15N3/c1-3-8-17(2)14-12(10-15)9-11-6-4-5-7-13(11)16-14/h4-7,9H,3,8H2,1-2H3. The highest BCUT2D eigenvalue weighted by atomic mass is 15.2. The van der Waals surface area contributed by atoms with Crippen molar-refractivity contribution < 1.29 is 0 Å². The minimum Gasteiger partial charge on any atom is -0.359 e. The van der Waals surface area contributed by atoms with Crippen molar-refractivity contribution in [2.45, 2.75) is 13.3 Å². The molecule has 0 fully saturated rings. The van der Waals surface area contributed by atoms with Crippen LogP contribution in [0.2, 0.25) is 0 Å². The van der Waals surface area contributed by atoms with Gasteiger partial charge in [-0.2, -0.15) is 5.26 Å². The van der Waals surface area contributed by atoms with Crippen LogP contribution in [0.25, 0.3) is 10.9 Å². The Balaban J connectivity index is 2.57.